The molecule has 2 heterocycles. The molecule has 1 aromatic heterocycles. The van der Waals surface area contributed by atoms with Gasteiger partial charge in [-0.3, -0.25) is 0 Å². The van der Waals surface area contributed by atoms with Crippen LogP contribution in [0.5, 0.6) is 11.8 Å². The molecule has 0 saturated carbocycles. The summed E-state index contributed by atoms with van der Waals surface area (Å²) in [5.41, 5.74) is 2.85. The van der Waals surface area contributed by atoms with E-state index in [2.05, 4.69) is 10.3 Å². The Bertz CT molecular complexity index is 629. The first-order chi connectivity index (χ1) is 10.3. The normalized spacial score (nSPS) is 13.0. The van der Waals surface area contributed by atoms with E-state index in [4.69, 9.17) is 9.47 Å². The van der Waals surface area contributed by atoms with Crippen LogP contribution in [0.15, 0.2) is 30.3 Å². The van der Waals surface area contributed by atoms with Gasteiger partial charge in [-0.05, 0) is 30.7 Å². The van der Waals surface area contributed by atoms with Gasteiger partial charge in [-0.1, -0.05) is 12.1 Å². The molecule has 0 fully saturated rings. The summed E-state index contributed by atoms with van der Waals surface area (Å²) < 4.78 is 24.1. The maximum Gasteiger partial charge on any atom is 0.240 e. The highest BCUT2D eigenvalue weighted by molar-refractivity contribution is 5.58. The fourth-order valence-electron chi connectivity index (χ4n) is 2.30. The molecule has 0 atom stereocenters. The van der Waals surface area contributed by atoms with Gasteiger partial charge < -0.3 is 14.8 Å². The summed E-state index contributed by atoms with van der Waals surface area (Å²) >= 11 is 0. The van der Waals surface area contributed by atoms with E-state index >= 15 is 0 Å². The van der Waals surface area contributed by atoms with E-state index in [1.54, 1.807) is 12.1 Å². The molecule has 0 aliphatic carbocycles. The van der Waals surface area contributed by atoms with Crippen molar-refractivity contribution in [1.29, 1.82) is 0 Å². The van der Waals surface area contributed by atoms with Gasteiger partial charge in [0.05, 0.1) is 12.3 Å². The van der Waals surface area contributed by atoms with Gasteiger partial charge in [-0.15, -0.1) is 0 Å². The summed E-state index contributed by atoms with van der Waals surface area (Å²) in [6, 6.07) is 8.46. The fourth-order valence-corrected chi connectivity index (χ4v) is 2.30. The molecule has 2 aromatic rings. The first-order valence-corrected chi connectivity index (χ1v) is 7.04. The molecule has 0 unspecified atom stereocenters. The monoisotopic (exact) mass is 288 g/mol. The van der Waals surface area contributed by atoms with Crippen LogP contribution in [0.2, 0.25) is 0 Å². The molecule has 1 aliphatic rings. The highest BCUT2D eigenvalue weighted by Crippen LogP contribution is 2.32. The average Bonchev–Trinajstić information content (AvgIpc) is 2.50. The van der Waals surface area contributed by atoms with Crippen molar-refractivity contribution in [1.82, 2.24) is 4.98 Å². The Hall–Kier alpha value is -2.30. The topological polar surface area (TPSA) is 43.4 Å². The van der Waals surface area contributed by atoms with Crippen molar-refractivity contribution in [2.24, 2.45) is 0 Å². The molecule has 0 radical (unpaired) electrons. The summed E-state index contributed by atoms with van der Waals surface area (Å²) in [5, 5.41) is 3.26. The van der Waals surface area contributed by atoms with Crippen LogP contribution in [-0.4, -0.2) is 24.7 Å². The van der Waals surface area contributed by atoms with E-state index in [1.807, 2.05) is 13.0 Å². The molecule has 1 aromatic carbocycles. The van der Waals surface area contributed by atoms with Crippen LogP contribution in [0.25, 0.3) is 0 Å². The molecule has 5 heteroatoms. The summed E-state index contributed by atoms with van der Waals surface area (Å²) in [6.45, 7) is 3.82. The lowest BCUT2D eigenvalue weighted by molar-refractivity contribution is 0.288. The number of benzene rings is 1. The quantitative estimate of drug-likeness (QED) is 0.939. The second kappa shape index (κ2) is 5.99. The van der Waals surface area contributed by atoms with Gasteiger partial charge in [0.25, 0.3) is 0 Å². The van der Waals surface area contributed by atoms with Crippen molar-refractivity contribution < 1.29 is 13.9 Å². The second-order valence-electron chi connectivity index (χ2n) is 4.82. The third kappa shape index (κ3) is 3.07. The molecule has 21 heavy (non-hydrogen) atoms. The lowest BCUT2D eigenvalue weighted by Crippen LogP contribution is -2.19. The Morgan fingerprint density at radius 2 is 2.14 bits per heavy atom. The zero-order chi connectivity index (χ0) is 14.7. The molecular formula is C16H17FN2O2. The van der Waals surface area contributed by atoms with Gasteiger partial charge >= 0.3 is 0 Å². The van der Waals surface area contributed by atoms with E-state index < -0.39 is 0 Å². The molecule has 1 N–H and O–H groups in total. The standard InChI is InChI=1S/C16H17FN2O2/c1-2-20-15-12(9-11-3-5-13(17)6-4-11)10-14-16(19-15)21-8-7-18-14/h3-6,10,18H,2,7-9H2,1H3. The van der Waals surface area contributed by atoms with Gasteiger partial charge in [0.15, 0.2) is 0 Å². The predicted octanol–water partition coefficient (Wildman–Crippen LogP) is 3.01. The number of hydrogen-bond donors (Lipinski definition) is 1. The first-order valence-electron chi connectivity index (χ1n) is 7.04. The van der Waals surface area contributed by atoms with Crippen LogP contribution in [0.4, 0.5) is 10.1 Å². The van der Waals surface area contributed by atoms with Crippen LogP contribution in [-0.2, 0) is 6.42 Å². The third-order valence-electron chi connectivity index (χ3n) is 3.27. The number of anilines is 1. The van der Waals surface area contributed by atoms with Gasteiger partial charge in [-0.2, -0.15) is 4.98 Å². The number of nitrogens with one attached hydrogen (secondary N) is 1. The number of fused-ring (bicyclic) bond motifs is 1. The summed E-state index contributed by atoms with van der Waals surface area (Å²) in [7, 11) is 0. The Morgan fingerprint density at radius 3 is 2.90 bits per heavy atom. The highest BCUT2D eigenvalue weighted by Gasteiger charge is 2.17. The van der Waals surface area contributed by atoms with Crippen LogP contribution in [0, 0.1) is 5.82 Å². The Balaban J connectivity index is 1.93. The smallest absolute Gasteiger partial charge is 0.240 e. The highest BCUT2D eigenvalue weighted by atomic mass is 19.1. The van der Waals surface area contributed by atoms with Crippen LogP contribution < -0.4 is 14.8 Å². The number of ether oxygens (including phenoxy) is 2. The molecule has 0 saturated heterocycles. The Labute approximate surface area is 122 Å². The predicted molar refractivity (Wildman–Crippen MR) is 78.6 cm³/mol. The summed E-state index contributed by atoms with van der Waals surface area (Å²) in [6.07, 6.45) is 0.636. The number of halogens is 1. The van der Waals surface area contributed by atoms with Crippen molar-refractivity contribution in [3.05, 3.63) is 47.3 Å². The largest absolute Gasteiger partial charge is 0.478 e. The lowest BCUT2D eigenvalue weighted by Gasteiger charge is -2.20. The van der Waals surface area contributed by atoms with Gasteiger partial charge in [-0.25, -0.2) is 4.39 Å². The van der Waals surface area contributed by atoms with E-state index in [1.165, 1.54) is 12.1 Å². The molecule has 3 rings (SSSR count). The Morgan fingerprint density at radius 1 is 1.33 bits per heavy atom. The molecular weight excluding hydrogens is 271 g/mol. The van der Waals surface area contributed by atoms with Crippen LogP contribution >= 0.6 is 0 Å². The minimum atomic E-state index is -0.234. The van der Waals surface area contributed by atoms with Crippen molar-refractivity contribution in [3.8, 4) is 11.8 Å². The van der Waals surface area contributed by atoms with Gasteiger partial charge in [0.1, 0.15) is 12.4 Å². The summed E-state index contributed by atoms with van der Waals surface area (Å²) in [5.74, 6) is 0.916. The minimum absolute atomic E-state index is 0.234. The number of nitrogens with zero attached hydrogens (tertiary/aromatic N) is 1. The van der Waals surface area contributed by atoms with E-state index in [-0.39, 0.29) is 5.82 Å². The number of hydrogen-bond acceptors (Lipinski definition) is 4. The SMILES string of the molecule is CCOc1nc2c(cc1Cc1ccc(F)cc1)NCCO2. The summed E-state index contributed by atoms with van der Waals surface area (Å²) in [4.78, 5) is 4.44. The lowest BCUT2D eigenvalue weighted by atomic mass is 10.1. The van der Waals surface area contributed by atoms with Gasteiger partial charge in [0, 0.05) is 18.5 Å². The minimum Gasteiger partial charge on any atom is -0.478 e. The number of rotatable bonds is 4. The van der Waals surface area contributed by atoms with Crippen molar-refractivity contribution in [2.45, 2.75) is 13.3 Å². The maximum absolute atomic E-state index is 13.0. The van der Waals surface area contributed by atoms with E-state index in [0.717, 1.165) is 23.4 Å². The zero-order valence-corrected chi connectivity index (χ0v) is 11.9. The van der Waals surface area contributed by atoms with Crippen molar-refractivity contribution in [2.75, 3.05) is 25.1 Å². The number of pyridine rings is 1. The molecule has 0 spiro atoms. The van der Waals surface area contributed by atoms with Gasteiger partial charge in [0.2, 0.25) is 11.8 Å². The third-order valence-corrected chi connectivity index (χ3v) is 3.27. The first kappa shape index (κ1) is 13.7. The van der Waals surface area contributed by atoms with Crippen LogP contribution in [0.1, 0.15) is 18.1 Å². The molecule has 110 valence electrons. The van der Waals surface area contributed by atoms with Crippen LogP contribution in [0.3, 0.4) is 0 Å². The zero-order valence-electron chi connectivity index (χ0n) is 11.9. The fraction of sp³-hybridized carbons (Fsp3) is 0.312. The van der Waals surface area contributed by atoms with E-state index in [9.17, 15) is 4.39 Å². The Kier molecular flexibility index (Phi) is 3.90. The van der Waals surface area contributed by atoms with Crippen molar-refractivity contribution in [3.63, 3.8) is 0 Å². The molecule has 0 amide bonds. The second-order valence-corrected chi connectivity index (χ2v) is 4.82. The molecule has 0 bridgehead atoms. The number of aromatic nitrogens is 1. The van der Waals surface area contributed by atoms with Crippen molar-refractivity contribution >= 4 is 5.69 Å². The maximum atomic E-state index is 13.0. The van der Waals surface area contributed by atoms with E-state index in [0.29, 0.717) is 31.4 Å². The molecule has 4 nitrogen and oxygen atoms in total. The average molecular weight is 288 g/mol. The molecule has 1 aliphatic heterocycles.